The Hall–Kier alpha value is -2.71. The maximum atomic E-state index is 12.5. The minimum atomic E-state index is -4.52. The highest BCUT2D eigenvalue weighted by atomic mass is 19.4. The molecule has 3 heterocycles. The van der Waals surface area contributed by atoms with Gasteiger partial charge in [-0.2, -0.15) is 13.2 Å². The Bertz CT molecular complexity index is 714. The van der Waals surface area contributed by atoms with Crippen LogP contribution in [0.4, 0.5) is 19.0 Å². The molecule has 0 atom stereocenters. The summed E-state index contributed by atoms with van der Waals surface area (Å²) in [5.74, 6) is 0.366. The first kappa shape index (κ1) is 16.2. The van der Waals surface area contributed by atoms with Crippen LogP contribution in [0.25, 0.3) is 0 Å². The highest BCUT2D eigenvalue weighted by Crippen LogP contribution is 2.27. The van der Waals surface area contributed by atoms with Gasteiger partial charge in [0, 0.05) is 38.7 Å². The largest absolute Gasteiger partial charge is 0.433 e. The summed E-state index contributed by atoms with van der Waals surface area (Å²) in [4.78, 5) is 27.3. The third-order valence-corrected chi connectivity index (χ3v) is 3.90. The van der Waals surface area contributed by atoms with E-state index in [9.17, 15) is 18.0 Å². The first-order valence-corrected chi connectivity index (χ1v) is 7.17. The van der Waals surface area contributed by atoms with Gasteiger partial charge in [-0.1, -0.05) is 0 Å². The van der Waals surface area contributed by atoms with Crippen molar-refractivity contribution in [1.82, 2.24) is 19.9 Å². The van der Waals surface area contributed by atoms with Crippen LogP contribution in [0.2, 0.25) is 0 Å². The Morgan fingerprint density at radius 2 is 1.96 bits per heavy atom. The number of pyridine rings is 1. The molecule has 0 aromatic carbocycles. The molecule has 3 rings (SSSR count). The molecule has 1 aliphatic rings. The molecule has 0 N–H and O–H groups in total. The van der Waals surface area contributed by atoms with Crippen molar-refractivity contribution in [3.05, 3.63) is 48.2 Å². The summed E-state index contributed by atoms with van der Waals surface area (Å²) in [7, 11) is 1.62. The zero-order chi connectivity index (χ0) is 17.3. The zero-order valence-corrected chi connectivity index (χ0v) is 12.7. The second-order valence-corrected chi connectivity index (χ2v) is 5.47. The van der Waals surface area contributed by atoms with E-state index in [2.05, 4.69) is 15.0 Å². The molecule has 1 fully saturated rings. The molecule has 1 saturated heterocycles. The van der Waals surface area contributed by atoms with E-state index in [1.807, 2.05) is 4.90 Å². The molecule has 0 radical (unpaired) electrons. The van der Waals surface area contributed by atoms with Crippen LogP contribution in [-0.4, -0.2) is 51.9 Å². The van der Waals surface area contributed by atoms with Gasteiger partial charge < -0.3 is 9.80 Å². The standard InChI is InChI=1S/C15H14F3N5O/c1-22(11-8-23(9-11)13-7-19-4-5-20-13)14(24)10-2-3-12(21-6-10)15(16,17)18/h2-7,11H,8-9H2,1H3. The summed E-state index contributed by atoms with van der Waals surface area (Å²) in [5.41, 5.74) is -0.886. The topological polar surface area (TPSA) is 62.2 Å². The van der Waals surface area contributed by atoms with Crippen molar-refractivity contribution in [3.63, 3.8) is 0 Å². The highest BCUT2D eigenvalue weighted by molar-refractivity contribution is 5.94. The maximum Gasteiger partial charge on any atom is 0.433 e. The summed E-state index contributed by atoms with van der Waals surface area (Å²) in [6, 6.07) is 1.92. The van der Waals surface area contributed by atoms with Crippen LogP contribution in [0.1, 0.15) is 16.1 Å². The fourth-order valence-corrected chi connectivity index (χ4v) is 2.40. The van der Waals surface area contributed by atoms with Crippen LogP contribution < -0.4 is 4.90 Å². The number of rotatable bonds is 3. The van der Waals surface area contributed by atoms with Gasteiger partial charge in [-0.15, -0.1) is 0 Å². The molecule has 1 aliphatic heterocycles. The van der Waals surface area contributed by atoms with Gasteiger partial charge in [0.05, 0.1) is 17.8 Å². The highest BCUT2D eigenvalue weighted by Gasteiger charge is 2.35. The summed E-state index contributed by atoms with van der Waals surface area (Å²) in [5, 5.41) is 0. The molecule has 0 bridgehead atoms. The van der Waals surface area contributed by atoms with E-state index >= 15 is 0 Å². The molecule has 6 nitrogen and oxygen atoms in total. The Morgan fingerprint density at radius 3 is 2.50 bits per heavy atom. The number of carbonyl (C=O) groups excluding carboxylic acids is 1. The summed E-state index contributed by atoms with van der Waals surface area (Å²) >= 11 is 0. The van der Waals surface area contributed by atoms with Gasteiger partial charge in [0.2, 0.25) is 0 Å². The molecule has 0 unspecified atom stereocenters. The first-order valence-electron chi connectivity index (χ1n) is 7.17. The molecule has 0 saturated carbocycles. The molecule has 126 valence electrons. The molecular formula is C15H14F3N5O. The number of carbonyl (C=O) groups is 1. The van der Waals surface area contributed by atoms with Gasteiger partial charge >= 0.3 is 6.18 Å². The van der Waals surface area contributed by atoms with Gasteiger partial charge in [0.1, 0.15) is 11.5 Å². The lowest BCUT2D eigenvalue weighted by molar-refractivity contribution is -0.141. The Balaban J connectivity index is 1.62. The number of nitrogens with zero attached hydrogens (tertiary/aromatic N) is 5. The van der Waals surface area contributed by atoms with Gasteiger partial charge in [-0.3, -0.25) is 14.8 Å². The van der Waals surface area contributed by atoms with E-state index in [0.717, 1.165) is 24.1 Å². The molecule has 2 aromatic rings. The average Bonchev–Trinajstić information content (AvgIpc) is 2.53. The van der Waals surface area contributed by atoms with Gasteiger partial charge in [-0.05, 0) is 12.1 Å². The van der Waals surface area contributed by atoms with Crippen LogP contribution in [0.3, 0.4) is 0 Å². The summed E-state index contributed by atoms with van der Waals surface area (Å²) in [6.07, 6.45) is 1.25. The van der Waals surface area contributed by atoms with Crippen LogP contribution in [0.5, 0.6) is 0 Å². The third-order valence-electron chi connectivity index (χ3n) is 3.90. The quantitative estimate of drug-likeness (QED) is 0.855. The number of amides is 1. The van der Waals surface area contributed by atoms with Crippen molar-refractivity contribution in [2.24, 2.45) is 0 Å². The lowest BCUT2D eigenvalue weighted by atomic mass is 10.1. The van der Waals surface area contributed by atoms with Crippen molar-refractivity contribution in [3.8, 4) is 0 Å². The number of hydrogen-bond acceptors (Lipinski definition) is 5. The van der Waals surface area contributed by atoms with Crippen LogP contribution >= 0.6 is 0 Å². The van der Waals surface area contributed by atoms with Crippen molar-refractivity contribution < 1.29 is 18.0 Å². The monoisotopic (exact) mass is 337 g/mol. The number of likely N-dealkylation sites (N-methyl/N-ethyl adjacent to an activating group) is 1. The van der Waals surface area contributed by atoms with Crippen LogP contribution in [0, 0.1) is 0 Å². The number of aromatic nitrogens is 3. The summed E-state index contributed by atoms with van der Waals surface area (Å²) < 4.78 is 37.5. The van der Waals surface area contributed by atoms with E-state index in [4.69, 9.17) is 0 Å². The van der Waals surface area contributed by atoms with Crippen molar-refractivity contribution in [2.75, 3.05) is 25.0 Å². The zero-order valence-electron chi connectivity index (χ0n) is 12.7. The van der Waals surface area contributed by atoms with Crippen LogP contribution in [0.15, 0.2) is 36.9 Å². The molecule has 1 amide bonds. The van der Waals surface area contributed by atoms with Crippen molar-refractivity contribution in [2.45, 2.75) is 12.2 Å². The van der Waals surface area contributed by atoms with Gasteiger partial charge in [0.15, 0.2) is 0 Å². The van der Waals surface area contributed by atoms with Crippen molar-refractivity contribution in [1.29, 1.82) is 0 Å². The van der Waals surface area contributed by atoms with Crippen LogP contribution in [-0.2, 0) is 6.18 Å². The minimum absolute atomic E-state index is 0.0400. The van der Waals surface area contributed by atoms with E-state index < -0.39 is 11.9 Å². The number of hydrogen-bond donors (Lipinski definition) is 0. The fourth-order valence-electron chi connectivity index (χ4n) is 2.40. The molecular weight excluding hydrogens is 323 g/mol. The third kappa shape index (κ3) is 3.15. The van der Waals surface area contributed by atoms with Crippen molar-refractivity contribution >= 4 is 11.7 Å². The number of halogens is 3. The average molecular weight is 337 g/mol. The minimum Gasteiger partial charge on any atom is -0.351 e. The molecule has 24 heavy (non-hydrogen) atoms. The van der Waals surface area contributed by atoms with Gasteiger partial charge in [0.25, 0.3) is 5.91 Å². The predicted molar refractivity (Wildman–Crippen MR) is 79.4 cm³/mol. The lowest BCUT2D eigenvalue weighted by Gasteiger charge is -2.44. The molecule has 2 aromatic heterocycles. The Morgan fingerprint density at radius 1 is 1.21 bits per heavy atom. The van der Waals surface area contributed by atoms with E-state index in [1.54, 1.807) is 25.6 Å². The number of alkyl halides is 3. The molecule has 0 aliphatic carbocycles. The Labute approximate surface area is 136 Å². The normalized spacial score (nSPS) is 15.1. The first-order chi connectivity index (χ1) is 11.4. The summed E-state index contributed by atoms with van der Waals surface area (Å²) in [6.45, 7) is 1.18. The fraction of sp³-hybridized carbons (Fsp3) is 0.333. The van der Waals surface area contributed by atoms with E-state index in [1.165, 1.54) is 4.90 Å². The molecule has 9 heteroatoms. The second-order valence-electron chi connectivity index (χ2n) is 5.47. The smallest absolute Gasteiger partial charge is 0.351 e. The van der Waals surface area contributed by atoms with E-state index in [-0.39, 0.29) is 17.5 Å². The lowest BCUT2D eigenvalue weighted by Crippen LogP contribution is -2.60. The predicted octanol–water partition coefficient (Wildman–Crippen LogP) is 1.85. The van der Waals surface area contributed by atoms with E-state index in [0.29, 0.717) is 13.1 Å². The molecule has 0 spiro atoms. The van der Waals surface area contributed by atoms with Gasteiger partial charge in [-0.25, -0.2) is 4.98 Å². The second kappa shape index (κ2) is 6.06. The maximum absolute atomic E-state index is 12.5. The Kier molecular flexibility index (Phi) is 4.08. The number of anilines is 1. The SMILES string of the molecule is CN(C(=O)c1ccc(C(F)(F)F)nc1)C1CN(c2cnccn2)C1.